The Labute approximate surface area is 133 Å². The van der Waals surface area contributed by atoms with Gasteiger partial charge in [0.2, 0.25) is 0 Å². The third-order valence-electron chi connectivity index (χ3n) is 3.99. The zero-order valence-corrected chi connectivity index (χ0v) is 14.6. The molecule has 0 spiro atoms. The van der Waals surface area contributed by atoms with E-state index in [1.54, 1.807) is 24.3 Å². The molecule has 2 atom stereocenters. The van der Waals surface area contributed by atoms with Crippen LogP contribution in [0.3, 0.4) is 0 Å². The summed E-state index contributed by atoms with van der Waals surface area (Å²) in [5.74, 6) is -0.403. The van der Waals surface area contributed by atoms with Gasteiger partial charge in [-0.3, -0.25) is 0 Å². The van der Waals surface area contributed by atoms with E-state index in [4.69, 9.17) is 0 Å². The Morgan fingerprint density at radius 3 is 2.41 bits per heavy atom. The summed E-state index contributed by atoms with van der Waals surface area (Å²) in [6, 6.07) is 6.05. The molecule has 0 bridgehead atoms. The molecule has 1 aromatic rings. The van der Waals surface area contributed by atoms with Gasteiger partial charge >= 0.3 is 0 Å². The van der Waals surface area contributed by atoms with Gasteiger partial charge in [-0.2, -0.15) is 0 Å². The molecular weight excluding hydrogens is 322 g/mol. The van der Waals surface area contributed by atoms with E-state index in [1.807, 2.05) is 13.8 Å². The molecule has 22 heavy (non-hydrogen) atoms. The van der Waals surface area contributed by atoms with E-state index in [2.05, 4.69) is 5.32 Å². The van der Waals surface area contributed by atoms with Crippen molar-refractivity contribution >= 4 is 19.7 Å². The van der Waals surface area contributed by atoms with Gasteiger partial charge in [0, 0.05) is 6.04 Å². The molecule has 0 saturated carbocycles. The Hall–Kier alpha value is -0.920. The first kappa shape index (κ1) is 17.4. The van der Waals surface area contributed by atoms with Crippen LogP contribution in [0.2, 0.25) is 0 Å². The molecule has 1 heterocycles. The number of aryl methyl sites for hydroxylation is 1. The van der Waals surface area contributed by atoms with Gasteiger partial charge in [-0.25, -0.2) is 16.8 Å². The Kier molecular flexibility index (Phi) is 5.29. The number of hydrogen-bond donors (Lipinski definition) is 1. The van der Waals surface area contributed by atoms with Crippen LogP contribution in [0, 0.1) is 6.92 Å². The highest BCUT2D eigenvalue weighted by Crippen LogP contribution is 2.26. The standard InChI is InChI=1S/C15H23NO4S2/c1-3-4-9-16-14-10-21(17,18)11-15(14)22(19,20)13-7-5-12(2)6-8-13/h5-8,14-16H,3-4,9-11H2,1-2H3. The first-order valence-electron chi connectivity index (χ1n) is 7.50. The van der Waals surface area contributed by atoms with E-state index < -0.39 is 31.0 Å². The van der Waals surface area contributed by atoms with Crippen LogP contribution in [0.5, 0.6) is 0 Å². The van der Waals surface area contributed by atoms with Crippen molar-refractivity contribution < 1.29 is 16.8 Å². The number of nitrogens with one attached hydrogen (secondary N) is 1. The molecule has 1 aliphatic rings. The number of rotatable bonds is 6. The number of hydrogen-bond acceptors (Lipinski definition) is 5. The van der Waals surface area contributed by atoms with Crippen molar-refractivity contribution in [2.75, 3.05) is 18.1 Å². The zero-order chi connectivity index (χ0) is 16.4. The fraction of sp³-hybridized carbons (Fsp3) is 0.600. The fourth-order valence-electron chi connectivity index (χ4n) is 2.68. The molecule has 7 heteroatoms. The molecule has 2 unspecified atom stereocenters. The number of sulfone groups is 2. The van der Waals surface area contributed by atoms with Crippen LogP contribution in [0.1, 0.15) is 25.3 Å². The molecule has 0 aliphatic carbocycles. The Morgan fingerprint density at radius 2 is 1.82 bits per heavy atom. The maximum absolute atomic E-state index is 12.8. The molecule has 1 saturated heterocycles. The van der Waals surface area contributed by atoms with E-state index in [0.717, 1.165) is 18.4 Å². The first-order chi connectivity index (χ1) is 10.3. The lowest BCUT2D eigenvalue weighted by Gasteiger charge is -2.20. The lowest BCUT2D eigenvalue weighted by Crippen LogP contribution is -2.43. The summed E-state index contributed by atoms with van der Waals surface area (Å²) < 4.78 is 49.4. The van der Waals surface area contributed by atoms with Crippen molar-refractivity contribution in [3.05, 3.63) is 29.8 Å². The van der Waals surface area contributed by atoms with Crippen molar-refractivity contribution in [2.45, 2.75) is 42.9 Å². The van der Waals surface area contributed by atoms with Crippen molar-refractivity contribution in [2.24, 2.45) is 0 Å². The minimum atomic E-state index is -3.65. The molecule has 0 radical (unpaired) electrons. The topological polar surface area (TPSA) is 80.3 Å². The van der Waals surface area contributed by atoms with Crippen LogP contribution in [0.4, 0.5) is 0 Å². The average molecular weight is 345 g/mol. The van der Waals surface area contributed by atoms with Gasteiger partial charge < -0.3 is 5.32 Å². The van der Waals surface area contributed by atoms with Gasteiger partial charge in [-0.15, -0.1) is 0 Å². The van der Waals surface area contributed by atoms with Gasteiger partial charge in [0.25, 0.3) is 0 Å². The van der Waals surface area contributed by atoms with Crippen LogP contribution >= 0.6 is 0 Å². The van der Waals surface area contributed by atoms with Crippen LogP contribution in [0.25, 0.3) is 0 Å². The van der Waals surface area contributed by atoms with E-state index >= 15 is 0 Å². The van der Waals surface area contributed by atoms with Crippen LogP contribution in [0.15, 0.2) is 29.2 Å². The number of unbranched alkanes of at least 4 members (excludes halogenated alkanes) is 1. The quantitative estimate of drug-likeness (QED) is 0.787. The molecule has 1 aliphatic heterocycles. The molecule has 5 nitrogen and oxygen atoms in total. The van der Waals surface area contributed by atoms with Crippen LogP contribution in [-0.4, -0.2) is 46.2 Å². The zero-order valence-electron chi connectivity index (χ0n) is 12.9. The lowest BCUT2D eigenvalue weighted by molar-refractivity contribution is 0.518. The Bertz CT molecular complexity index is 708. The second kappa shape index (κ2) is 6.68. The van der Waals surface area contributed by atoms with Gasteiger partial charge in [0.1, 0.15) is 0 Å². The molecule has 0 aromatic heterocycles. The van der Waals surface area contributed by atoms with Crippen LogP contribution in [-0.2, 0) is 19.7 Å². The predicted molar refractivity (Wildman–Crippen MR) is 87.5 cm³/mol. The monoisotopic (exact) mass is 345 g/mol. The highest BCUT2D eigenvalue weighted by Gasteiger charge is 2.45. The van der Waals surface area contributed by atoms with E-state index in [9.17, 15) is 16.8 Å². The highest BCUT2D eigenvalue weighted by atomic mass is 32.2. The minimum absolute atomic E-state index is 0.105. The SMILES string of the molecule is CCCCNC1CS(=O)(=O)CC1S(=O)(=O)c1ccc(C)cc1. The lowest BCUT2D eigenvalue weighted by atomic mass is 10.2. The third-order valence-corrected chi connectivity index (χ3v) is 8.15. The van der Waals surface area contributed by atoms with Crippen molar-refractivity contribution in [1.82, 2.24) is 5.32 Å². The highest BCUT2D eigenvalue weighted by molar-refractivity contribution is 7.96. The Morgan fingerprint density at radius 1 is 1.18 bits per heavy atom. The van der Waals surface area contributed by atoms with Crippen LogP contribution < -0.4 is 5.32 Å². The Balaban J connectivity index is 2.28. The van der Waals surface area contributed by atoms with Gasteiger partial charge in [0.05, 0.1) is 21.7 Å². The summed E-state index contributed by atoms with van der Waals surface area (Å²) in [5.41, 5.74) is 0.968. The molecule has 0 amide bonds. The molecule has 1 N–H and O–H groups in total. The minimum Gasteiger partial charge on any atom is -0.312 e. The summed E-state index contributed by atoms with van der Waals surface area (Å²) in [6.45, 7) is 4.55. The second-order valence-corrected chi connectivity index (χ2v) is 10.2. The van der Waals surface area contributed by atoms with Crippen molar-refractivity contribution in [1.29, 1.82) is 0 Å². The summed E-state index contributed by atoms with van der Waals surface area (Å²) in [5, 5.41) is 2.21. The van der Waals surface area contributed by atoms with Gasteiger partial charge in [-0.1, -0.05) is 31.0 Å². The van der Waals surface area contributed by atoms with Gasteiger partial charge in [-0.05, 0) is 32.0 Å². The molecule has 2 rings (SSSR count). The van der Waals surface area contributed by atoms with Crippen molar-refractivity contribution in [3.8, 4) is 0 Å². The second-order valence-electron chi connectivity index (χ2n) is 5.89. The van der Waals surface area contributed by atoms with E-state index in [0.29, 0.717) is 6.54 Å². The predicted octanol–water partition coefficient (Wildman–Crippen LogP) is 1.32. The fourth-order valence-corrected chi connectivity index (χ4v) is 7.40. The van der Waals surface area contributed by atoms with Crippen molar-refractivity contribution in [3.63, 3.8) is 0 Å². The summed E-state index contributed by atoms with van der Waals surface area (Å²) in [7, 11) is -6.98. The summed E-state index contributed by atoms with van der Waals surface area (Å²) >= 11 is 0. The molecule has 1 fully saturated rings. The maximum atomic E-state index is 12.8. The largest absolute Gasteiger partial charge is 0.312 e. The first-order valence-corrected chi connectivity index (χ1v) is 10.9. The molecule has 124 valence electrons. The third kappa shape index (κ3) is 3.88. The maximum Gasteiger partial charge on any atom is 0.183 e. The average Bonchev–Trinajstić information content (AvgIpc) is 2.75. The number of benzene rings is 1. The molecule has 1 aromatic carbocycles. The molecular formula is C15H23NO4S2. The van der Waals surface area contributed by atoms with Gasteiger partial charge in [0.15, 0.2) is 19.7 Å². The summed E-state index contributed by atoms with van der Waals surface area (Å²) in [4.78, 5) is 0.197. The van der Waals surface area contributed by atoms with E-state index in [1.165, 1.54) is 0 Å². The normalized spacial score (nSPS) is 24.5. The van der Waals surface area contributed by atoms with E-state index in [-0.39, 0.29) is 16.4 Å². The summed E-state index contributed by atoms with van der Waals surface area (Å²) in [6.07, 6.45) is 1.87. The smallest absolute Gasteiger partial charge is 0.183 e.